The Morgan fingerprint density at radius 3 is 2.41 bits per heavy atom. The van der Waals surface area contributed by atoms with Gasteiger partial charge in [0.1, 0.15) is 4.21 Å². The molecule has 1 heterocycles. The molecule has 7 heteroatoms. The fourth-order valence-electron chi connectivity index (χ4n) is 1.96. The van der Waals surface area contributed by atoms with Crippen LogP contribution >= 0.6 is 22.9 Å². The Balaban J connectivity index is 2.08. The largest absolute Gasteiger partial charge is 0.375 e. The lowest BCUT2D eigenvalue weighted by Gasteiger charge is -2.19. The van der Waals surface area contributed by atoms with Crippen LogP contribution in [0.4, 0.5) is 11.4 Å². The van der Waals surface area contributed by atoms with Crippen LogP contribution in [0.5, 0.6) is 0 Å². The first-order valence-corrected chi connectivity index (χ1v) is 9.69. The summed E-state index contributed by atoms with van der Waals surface area (Å²) in [4.78, 5) is 2.15. The summed E-state index contributed by atoms with van der Waals surface area (Å²) >= 11 is 6.83. The van der Waals surface area contributed by atoms with Gasteiger partial charge in [-0.2, -0.15) is 0 Å². The Morgan fingerprint density at radius 1 is 1.18 bits per heavy atom. The summed E-state index contributed by atoms with van der Waals surface area (Å²) in [5.41, 5.74) is 1.60. The average Bonchev–Trinajstić information content (AvgIpc) is 2.92. The summed E-state index contributed by atoms with van der Waals surface area (Å²) in [5, 5.41) is 0. The number of sulfonamides is 1. The summed E-state index contributed by atoms with van der Waals surface area (Å²) in [7, 11) is -1.54. The molecule has 0 radical (unpaired) electrons. The van der Waals surface area contributed by atoms with Crippen LogP contribution in [-0.2, 0) is 10.0 Å². The SMILES string of the molecule is CCCCN(C)c1ccc(NS(=O)(=O)c2ccc(Cl)s2)cc1. The van der Waals surface area contributed by atoms with Crippen molar-refractivity contribution in [3.05, 3.63) is 40.7 Å². The third kappa shape index (κ3) is 4.38. The highest BCUT2D eigenvalue weighted by Gasteiger charge is 2.16. The van der Waals surface area contributed by atoms with Gasteiger partial charge in [0.15, 0.2) is 0 Å². The molecular weight excluding hydrogens is 340 g/mol. The molecule has 2 aromatic rings. The standard InChI is InChI=1S/C15H19ClN2O2S2/c1-3-4-11-18(2)13-7-5-12(6-8-13)17-22(19,20)15-10-9-14(16)21-15/h5-10,17H,3-4,11H2,1-2H3. The molecule has 0 fully saturated rings. The first-order valence-electron chi connectivity index (χ1n) is 7.02. The number of anilines is 2. The maximum absolute atomic E-state index is 12.2. The second kappa shape index (κ2) is 7.35. The number of benzene rings is 1. The van der Waals surface area contributed by atoms with E-state index in [-0.39, 0.29) is 4.21 Å². The van der Waals surface area contributed by atoms with Crippen LogP contribution in [0.2, 0.25) is 4.34 Å². The zero-order valence-electron chi connectivity index (χ0n) is 12.5. The number of hydrogen-bond acceptors (Lipinski definition) is 4. The summed E-state index contributed by atoms with van der Waals surface area (Å²) in [6.45, 7) is 3.14. The third-order valence-electron chi connectivity index (χ3n) is 3.22. The molecule has 4 nitrogen and oxygen atoms in total. The van der Waals surface area contributed by atoms with Gasteiger partial charge in [-0.15, -0.1) is 11.3 Å². The molecule has 0 saturated heterocycles. The van der Waals surface area contributed by atoms with E-state index >= 15 is 0 Å². The van der Waals surface area contributed by atoms with Crippen molar-refractivity contribution >= 4 is 44.3 Å². The number of nitrogens with zero attached hydrogens (tertiary/aromatic N) is 1. The quantitative estimate of drug-likeness (QED) is 0.796. The lowest BCUT2D eigenvalue weighted by Crippen LogP contribution is -2.18. The van der Waals surface area contributed by atoms with Gasteiger partial charge in [-0.25, -0.2) is 8.42 Å². The summed E-state index contributed by atoms with van der Waals surface area (Å²) in [5.74, 6) is 0. The van der Waals surface area contributed by atoms with Crippen LogP contribution in [0, 0.1) is 0 Å². The summed E-state index contributed by atoms with van der Waals surface area (Å²) in [6, 6.07) is 10.4. The van der Waals surface area contributed by atoms with E-state index in [0.29, 0.717) is 10.0 Å². The predicted molar refractivity (Wildman–Crippen MR) is 94.8 cm³/mol. The molecule has 0 saturated carbocycles. The molecule has 0 bridgehead atoms. The Kier molecular flexibility index (Phi) is 5.72. The van der Waals surface area contributed by atoms with Gasteiger partial charge in [0, 0.05) is 25.0 Å². The van der Waals surface area contributed by atoms with Gasteiger partial charge in [-0.1, -0.05) is 24.9 Å². The van der Waals surface area contributed by atoms with Crippen molar-refractivity contribution in [1.29, 1.82) is 0 Å². The maximum Gasteiger partial charge on any atom is 0.271 e. The van der Waals surface area contributed by atoms with Crippen molar-refractivity contribution in [3.63, 3.8) is 0 Å². The van der Waals surface area contributed by atoms with E-state index < -0.39 is 10.0 Å². The molecule has 0 unspecified atom stereocenters. The fraction of sp³-hybridized carbons (Fsp3) is 0.333. The lowest BCUT2D eigenvalue weighted by atomic mass is 10.2. The monoisotopic (exact) mass is 358 g/mol. The van der Waals surface area contributed by atoms with Crippen molar-refractivity contribution in [3.8, 4) is 0 Å². The molecule has 0 aliphatic rings. The highest BCUT2D eigenvalue weighted by molar-refractivity contribution is 7.94. The predicted octanol–water partition coefficient (Wildman–Crippen LogP) is 4.44. The van der Waals surface area contributed by atoms with E-state index in [4.69, 9.17) is 11.6 Å². The van der Waals surface area contributed by atoms with Crippen molar-refractivity contribution in [2.75, 3.05) is 23.2 Å². The fourth-order valence-corrected chi connectivity index (χ4v) is 4.50. The molecule has 1 aromatic heterocycles. The van der Waals surface area contributed by atoms with Crippen molar-refractivity contribution < 1.29 is 8.42 Å². The number of halogens is 1. The van der Waals surface area contributed by atoms with E-state index in [1.54, 1.807) is 18.2 Å². The van der Waals surface area contributed by atoms with Crippen LogP contribution in [0.1, 0.15) is 19.8 Å². The maximum atomic E-state index is 12.2. The minimum absolute atomic E-state index is 0.210. The van der Waals surface area contributed by atoms with Gasteiger partial charge < -0.3 is 4.90 Å². The summed E-state index contributed by atoms with van der Waals surface area (Å²) < 4.78 is 27.6. The highest BCUT2D eigenvalue weighted by atomic mass is 35.5. The van der Waals surface area contributed by atoms with Gasteiger partial charge in [0.2, 0.25) is 0 Å². The topological polar surface area (TPSA) is 49.4 Å². The molecule has 0 aliphatic carbocycles. The zero-order valence-corrected chi connectivity index (χ0v) is 14.9. The van der Waals surface area contributed by atoms with Gasteiger partial charge in [-0.3, -0.25) is 4.72 Å². The number of nitrogens with one attached hydrogen (secondary N) is 1. The van der Waals surface area contributed by atoms with Gasteiger partial charge in [0.25, 0.3) is 10.0 Å². The van der Waals surface area contributed by atoms with E-state index in [9.17, 15) is 8.42 Å². The van der Waals surface area contributed by atoms with Gasteiger partial charge >= 0.3 is 0 Å². The normalized spacial score (nSPS) is 11.4. The second-order valence-electron chi connectivity index (χ2n) is 4.99. The zero-order chi connectivity index (χ0) is 16.2. The van der Waals surface area contributed by atoms with E-state index in [1.165, 1.54) is 6.07 Å². The Bertz CT molecular complexity index is 711. The number of unbranched alkanes of at least 4 members (excludes halogenated alkanes) is 1. The molecule has 0 aliphatic heterocycles. The third-order valence-corrected chi connectivity index (χ3v) is 6.33. The average molecular weight is 359 g/mol. The number of hydrogen-bond donors (Lipinski definition) is 1. The van der Waals surface area contributed by atoms with Crippen LogP contribution in [0.3, 0.4) is 0 Å². The smallest absolute Gasteiger partial charge is 0.271 e. The molecular formula is C15H19ClN2O2S2. The van der Waals surface area contributed by atoms with E-state index in [2.05, 4.69) is 16.5 Å². The first kappa shape index (κ1) is 17.1. The molecule has 0 spiro atoms. The van der Waals surface area contributed by atoms with Crippen molar-refractivity contribution in [1.82, 2.24) is 0 Å². The number of thiophene rings is 1. The first-order chi connectivity index (χ1) is 10.4. The van der Waals surface area contributed by atoms with E-state index in [0.717, 1.165) is 36.4 Å². The lowest BCUT2D eigenvalue weighted by molar-refractivity contribution is 0.603. The summed E-state index contributed by atoms with van der Waals surface area (Å²) in [6.07, 6.45) is 2.27. The Labute approximate surface area is 140 Å². The molecule has 0 amide bonds. The Hall–Kier alpha value is -1.24. The van der Waals surface area contributed by atoms with E-state index in [1.807, 2.05) is 19.2 Å². The molecule has 22 heavy (non-hydrogen) atoms. The van der Waals surface area contributed by atoms with Crippen LogP contribution in [0.15, 0.2) is 40.6 Å². The second-order valence-corrected chi connectivity index (χ2v) is 8.61. The van der Waals surface area contributed by atoms with Crippen LogP contribution in [-0.4, -0.2) is 22.0 Å². The minimum Gasteiger partial charge on any atom is -0.375 e. The Morgan fingerprint density at radius 2 is 1.86 bits per heavy atom. The van der Waals surface area contributed by atoms with Crippen LogP contribution in [0.25, 0.3) is 0 Å². The van der Waals surface area contributed by atoms with Crippen molar-refractivity contribution in [2.45, 2.75) is 24.0 Å². The minimum atomic E-state index is -3.57. The molecule has 0 atom stereocenters. The molecule has 1 aromatic carbocycles. The van der Waals surface area contributed by atoms with Gasteiger partial charge in [-0.05, 0) is 42.8 Å². The molecule has 1 N–H and O–H groups in total. The molecule has 2 rings (SSSR count). The van der Waals surface area contributed by atoms with Crippen LogP contribution < -0.4 is 9.62 Å². The van der Waals surface area contributed by atoms with Gasteiger partial charge in [0.05, 0.1) is 4.34 Å². The molecule has 120 valence electrons. The van der Waals surface area contributed by atoms with Crippen molar-refractivity contribution in [2.24, 2.45) is 0 Å². The number of rotatable bonds is 7. The highest BCUT2D eigenvalue weighted by Crippen LogP contribution is 2.27.